The van der Waals surface area contributed by atoms with Crippen LogP contribution in [0.5, 0.6) is 5.75 Å². The van der Waals surface area contributed by atoms with E-state index < -0.39 is 23.5 Å². The molecule has 10 heteroatoms. The SMILES string of the molecule is COC(=O)c1cnn(C)c1-c1cc(OC2CN(C(=O)OC(C)(C)C)C2)c(F)cn1. The summed E-state index contributed by atoms with van der Waals surface area (Å²) in [5, 5.41) is 4.04. The molecule has 1 amide bonds. The number of aromatic nitrogens is 3. The van der Waals surface area contributed by atoms with Crippen LogP contribution >= 0.6 is 0 Å². The number of esters is 1. The van der Waals surface area contributed by atoms with Gasteiger partial charge in [0.1, 0.15) is 23.0 Å². The van der Waals surface area contributed by atoms with Crippen molar-refractivity contribution in [2.75, 3.05) is 20.2 Å². The number of rotatable bonds is 4. The highest BCUT2D eigenvalue weighted by atomic mass is 19.1. The highest BCUT2D eigenvalue weighted by Crippen LogP contribution is 2.29. The minimum atomic E-state index is -0.647. The summed E-state index contributed by atoms with van der Waals surface area (Å²) < 4.78 is 31.4. The first-order chi connectivity index (χ1) is 13.6. The van der Waals surface area contributed by atoms with E-state index in [1.54, 1.807) is 27.8 Å². The molecule has 1 aliphatic heterocycles. The quantitative estimate of drug-likeness (QED) is 0.720. The zero-order valence-corrected chi connectivity index (χ0v) is 16.9. The Morgan fingerprint density at radius 3 is 2.55 bits per heavy atom. The largest absolute Gasteiger partial charge is 0.483 e. The van der Waals surface area contributed by atoms with E-state index in [4.69, 9.17) is 14.2 Å². The topological polar surface area (TPSA) is 95.8 Å². The molecule has 1 fully saturated rings. The van der Waals surface area contributed by atoms with Gasteiger partial charge < -0.3 is 19.1 Å². The van der Waals surface area contributed by atoms with Gasteiger partial charge in [0, 0.05) is 13.1 Å². The summed E-state index contributed by atoms with van der Waals surface area (Å²) in [6.07, 6.45) is 1.56. The van der Waals surface area contributed by atoms with Gasteiger partial charge in [-0.1, -0.05) is 0 Å². The molecule has 3 heterocycles. The Bertz CT molecular complexity index is 931. The lowest BCUT2D eigenvalue weighted by Crippen LogP contribution is -2.57. The third-order valence-corrected chi connectivity index (χ3v) is 4.20. The van der Waals surface area contributed by atoms with Crippen LogP contribution in [0.4, 0.5) is 9.18 Å². The molecule has 1 saturated heterocycles. The van der Waals surface area contributed by atoms with Crippen molar-refractivity contribution >= 4 is 12.1 Å². The fourth-order valence-electron chi connectivity index (χ4n) is 2.81. The van der Waals surface area contributed by atoms with Gasteiger partial charge in [-0.3, -0.25) is 9.67 Å². The number of halogens is 1. The maximum Gasteiger partial charge on any atom is 0.410 e. The second-order valence-corrected chi connectivity index (χ2v) is 7.65. The fourth-order valence-corrected chi connectivity index (χ4v) is 2.81. The monoisotopic (exact) mass is 406 g/mol. The van der Waals surface area contributed by atoms with Gasteiger partial charge >= 0.3 is 12.1 Å². The molecule has 0 atom stereocenters. The molecule has 0 aromatic carbocycles. The Kier molecular flexibility index (Phi) is 5.45. The van der Waals surface area contributed by atoms with Gasteiger partial charge in [0.25, 0.3) is 0 Å². The van der Waals surface area contributed by atoms with Crippen molar-refractivity contribution in [1.29, 1.82) is 0 Å². The molecule has 9 nitrogen and oxygen atoms in total. The third-order valence-electron chi connectivity index (χ3n) is 4.20. The number of nitrogens with zero attached hydrogens (tertiary/aromatic N) is 4. The predicted octanol–water partition coefficient (Wildman–Crippen LogP) is 2.41. The number of aryl methyl sites for hydroxylation is 1. The number of hydrogen-bond acceptors (Lipinski definition) is 7. The number of amides is 1. The van der Waals surface area contributed by atoms with Gasteiger partial charge in [-0.2, -0.15) is 5.10 Å². The lowest BCUT2D eigenvalue weighted by atomic mass is 10.1. The van der Waals surface area contributed by atoms with Gasteiger partial charge in [-0.15, -0.1) is 0 Å². The number of methoxy groups -OCH3 is 1. The van der Waals surface area contributed by atoms with E-state index in [2.05, 4.69) is 10.1 Å². The number of likely N-dealkylation sites (tertiary alicyclic amines) is 1. The molecule has 2 aromatic rings. The molecule has 29 heavy (non-hydrogen) atoms. The maximum atomic E-state index is 14.2. The van der Waals surface area contributed by atoms with Gasteiger partial charge in [0.15, 0.2) is 11.6 Å². The number of hydrogen-bond donors (Lipinski definition) is 0. The second kappa shape index (κ2) is 7.69. The summed E-state index contributed by atoms with van der Waals surface area (Å²) >= 11 is 0. The van der Waals surface area contributed by atoms with E-state index in [-0.39, 0.29) is 30.5 Å². The van der Waals surface area contributed by atoms with Gasteiger partial charge in [0.2, 0.25) is 0 Å². The summed E-state index contributed by atoms with van der Waals surface area (Å²) in [5.41, 5.74) is 0.311. The molecule has 0 N–H and O–H groups in total. The lowest BCUT2D eigenvalue weighted by Gasteiger charge is -2.39. The smallest absolute Gasteiger partial charge is 0.410 e. The van der Waals surface area contributed by atoms with Crippen LogP contribution in [0.1, 0.15) is 31.1 Å². The molecule has 1 aliphatic rings. The predicted molar refractivity (Wildman–Crippen MR) is 100.0 cm³/mol. The minimum absolute atomic E-state index is 0.0270. The minimum Gasteiger partial charge on any atom is -0.483 e. The van der Waals surface area contributed by atoms with Crippen LogP contribution < -0.4 is 4.74 Å². The molecule has 0 saturated carbocycles. The Morgan fingerprint density at radius 1 is 1.24 bits per heavy atom. The first kappa shape index (κ1) is 20.6. The number of ether oxygens (including phenoxy) is 3. The lowest BCUT2D eigenvalue weighted by molar-refractivity contribution is -0.0229. The summed E-state index contributed by atoms with van der Waals surface area (Å²) in [5.74, 6) is -1.25. The Hall–Kier alpha value is -3.17. The Balaban J connectivity index is 1.73. The van der Waals surface area contributed by atoms with Crippen molar-refractivity contribution in [1.82, 2.24) is 19.7 Å². The molecule has 3 rings (SSSR count). The van der Waals surface area contributed by atoms with Crippen LogP contribution in [0.2, 0.25) is 0 Å². The van der Waals surface area contributed by atoms with Crippen LogP contribution in [-0.4, -0.2) is 63.6 Å². The van der Waals surface area contributed by atoms with Crippen molar-refractivity contribution in [2.24, 2.45) is 7.05 Å². The summed E-state index contributed by atoms with van der Waals surface area (Å²) in [6, 6.07) is 1.40. The average molecular weight is 406 g/mol. The molecule has 156 valence electrons. The number of pyridine rings is 1. The third kappa shape index (κ3) is 4.47. The van der Waals surface area contributed by atoms with E-state index in [0.29, 0.717) is 11.4 Å². The van der Waals surface area contributed by atoms with E-state index in [0.717, 1.165) is 6.20 Å². The van der Waals surface area contributed by atoms with Gasteiger partial charge in [-0.05, 0) is 20.8 Å². The molecule has 0 bridgehead atoms. The average Bonchev–Trinajstić information content (AvgIpc) is 2.98. The van der Waals surface area contributed by atoms with Gasteiger partial charge in [0.05, 0.1) is 38.3 Å². The zero-order chi connectivity index (χ0) is 21.3. The number of carbonyl (C=O) groups is 2. The van der Waals surface area contributed by atoms with Crippen LogP contribution in [-0.2, 0) is 16.5 Å². The molecule has 0 unspecified atom stereocenters. The summed E-state index contributed by atoms with van der Waals surface area (Å²) in [7, 11) is 2.90. The molecule has 2 aromatic heterocycles. The van der Waals surface area contributed by atoms with Crippen molar-refractivity contribution < 1.29 is 28.2 Å². The Morgan fingerprint density at radius 2 is 1.93 bits per heavy atom. The Labute approximate surface area is 167 Å². The molecule has 0 spiro atoms. The highest BCUT2D eigenvalue weighted by Gasteiger charge is 2.35. The first-order valence-electron chi connectivity index (χ1n) is 9.00. The number of carbonyl (C=O) groups excluding carboxylic acids is 2. The maximum absolute atomic E-state index is 14.2. The molecule has 0 radical (unpaired) electrons. The zero-order valence-electron chi connectivity index (χ0n) is 16.9. The van der Waals surface area contributed by atoms with Crippen molar-refractivity contribution in [3.63, 3.8) is 0 Å². The van der Waals surface area contributed by atoms with Crippen LogP contribution in [0, 0.1) is 5.82 Å². The van der Waals surface area contributed by atoms with Crippen LogP contribution in [0.15, 0.2) is 18.5 Å². The van der Waals surface area contributed by atoms with Crippen LogP contribution in [0.3, 0.4) is 0 Å². The van der Waals surface area contributed by atoms with E-state index in [9.17, 15) is 14.0 Å². The molecular formula is C19H23FN4O5. The van der Waals surface area contributed by atoms with Crippen molar-refractivity contribution in [3.05, 3.63) is 29.8 Å². The second-order valence-electron chi connectivity index (χ2n) is 7.65. The van der Waals surface area contributed by atoms with Crippen LogP contribution in [0.25, 0.3) is 11.4 Å². The van der Waals surface area contributed by atoms with Crippen molar-refractivity contribution in [3.8, 4) is 17.1 Å². The van der Waals surface area contributed by atoms with Gasteiger partial charge in [-0.25, -0.2) is 14.0 Å². The normalized spacial score (nSPS) is 14.3. The van der Waals surface area contributed by atoms with E-state index in [1.807, 2.05) is 0 Å². The first-order valence-corrected chi connectivity index (χ1v) is 9.00. The summed E-state index contributed by atoms with van der Waals surface area (Å²) in [4.78, 5) is 29.5. The standard InChI is InChI=1S/C19H23FN4O5/c1-19(2,3)29-18(26)24-9-11(10-24)28-15-6-14(21-8-13(15)20)16-12(17(25)27-5)7-22-23(16)4/h6-8,11H,9-10H2,1-5H3. The van der Waals surface area contributed by atoms with Crippen molar-refractivity contribution in [2.45, 2.75) is 32.5 Å². The fraction of sp³-hybridized carbons (Fsp3) is 0.474. The molecular weight excluding hydrogens is 383 g/mol. The summed E-state index contributed by atoms with van der Waals surface area (Å²) in [6.45, 7) is 5.92. The van der Waals surface area contributed by atoms with E-state index in [1.165, 1.54) is 29.0 Å². The molecule has 0 aliphatic carbocycles. The highest BCUT2D eigenvalue weighted by molar-refractivity contribution is 5.95. The van der Waals surface area contributed by atoms with E-state index >= 15 is 0 Å².